The summed E-state index contributed by atoms with van der Waals surface area (Å²) in [6, 6.07) is 0.517. The average molecular weight is 220 g/mol. The van der Waals surface area contributed by atoms with Gasteiger partial charge in [-0.25, -0.2) is 4.98 Å². The minimum atomic E-state index is 0.0775. The van der Waals surface area contributed by atoms with E-state index in [1.165, 1.54) is 5.69 Å². The topological polar surface area (TPSA) is 69.8 Å². The fourth-order valence-corrected chi connectivity index (χ4v) is 2.17. The van der Waals surface area contributed by atoms with Crippen LogP contribution in [-0.2, 0) is 11.2 Å². The van der Waals surface area contributed by atoms with Gasteiger partial charge in [-0.15, -0.1) is 0 Å². The van der Waals surface area contributed by atoms with Crippen LogP contribution in [0.5, 0.6) is 0 Å². The van der Waals surface area contributed by atoms with E-state index in [4.69, 9.17) is 0 Å². The molecule has 1 fully saturated rings. The van der Waals surface area contributed by atoms with Crippen LogP contribution in [0.4, 0.5) is 0 Å². The van der Waals surface area contributed by atoms with Crippen molar-refractivity contribution in [1.82, 2.24) is 20.6 Å². The molecule has 2 heterocycles. The molecule has 0 bridgehead atoms. The van der Waals surface area contributed by atoms with Crippen molar-refractivity contribution in [1.29, 1.82) is 0 Å². The van der Waals surface area contributed by atoms with Gasteiger partial charge in [0.2, 0.25) is 5.91 Å². The molecule has 5 nitrogen and oxygen atoms in total. The first-order valence-electron chi connectivity index (χ1n) is 5.88. The summed E-state index contributed by atoms with van der Waals surface area (Å²) >= 11 is 0. The molecule has 1 aromatic heterocycles. The zero-order valence-corrected chi connectivity index (χ0v) is 9.12. The van der Waals surface area contributed by atoms with Gasteiger partial charge in [0.15, 0.2) is 0 Å². The first-order chi connectivity index (χ1) is 7.83. The lowest BCUT2D eigenvalue weighted by molar-refractivity contribution is -0.121. The maximum Gasteiger partial charge on any atom is 0.222 e. The molecule has 1 aliphatic carbocycles. The van der Waals surface area contributed by atoms with Gasteiger partial charge in [0.25, 0.3) is 0 Å². The number of aromatic nitrogens is 2. The first kappa shape index (κ1) is 9.84. The number of nitrogens with one attached hydrogen (secondary N) is 3. The van der Waals surface area contributed by atoms with Gasteiger partial charge < -0.3 is 15.6 Å². The molecule has 0 radical (unpaired) electrons. The van der Waals surface area contributed by atoms with Gasteiger partial charge in [-0.05, 0) is 12.8 Å². The molecule has 2 aliphatic rings. The van der Waals surface area contributed by atoms with Gasteiger partial charge in [-0.3, -0.25) is 4.79 Å². The van der Waals surface area contributed by atoms with E-state index in [0.29, 0.717) is 12.5 Å². The molecule has 1 aliphatic heterocycles. The molecule has 0 aromatic carbocycles. The maximum atomic E-state index is 11.7. The molecule has 1 aromatic rings. The minimum Gasteiger partial charge on any atom is -0.353 e. The normalized spacial score (nSPS) is 23.9. The van der Waals surface area contributed by atoms with Gasteiger partial charge in [-0.2, -0.15) is 0 Å². The van der Waals surface area contributed by atoms with Gasteiger partial charge >= 0.3 is 0 Å². The molecule has 3 N–H and O–H groups in total. The molecule has 86 valence electrons. The van der Waals surface area contributed by atoms with Crippen molar-refractivity contribution in [2.24, 2.45) is 0 Å². The van der Waals surface area contributed by atoms with E-state index >= 15 is 0 Å². The molecule has 0 spiro atoms. The number of H-pyrrole nitrogens is 1. The third-order valence-corrected chi connectivity index (χ3v) is 3.18. The number of rotatable bonds is 3. The standard InChI is InChI=1S/C11H16N4O/c16-10(15-7-1-2-7)5-9-11-8(3-4-12-9)13-6-14-11/h6-7,9,12H,1-5H2,(H,13,14)(H,15,16). The molecular weight excluding hydrogens is 204 g/mol. The van der Waals surface area contributed by atoms with Crippen LogP contribution in [0.1, 0.15) is 36.7 Å². The number of amides is 1. The quantitative estimate of drug-likeness (QED) is 0.684. The van der Waals surface area contributed by atoms with Crippen molar-refractivity contribution in [2.45, 2.75) is 37.8 Å². The minimum absolute atomic E-state index is 0.0775. The largest absolute Gasteiger partial charge is 0.353 e. The Morgan fingerprint density at radius 2 is 2.44 bits per heavy atom. The van der Waals surface area contributed by atoms with E-state index < -0.39 is 0 Å². The van der Waals surface area contributed by atoms with Crippen molar-refractivity contribution >= 4 is 5.91 Å². The number of fused-ring (bicyclic) bond motifs is 1. The van der Waals surface area contributed by atoms with Gasteiger partial charge in [0.05, 0.1) is 18.1 Å². The Morgan fingerprint density at radius 1 is 1.56 bits per heavy atom. The van der Waals surface area contributed by atoms with Gasteiger partial charge in [0.1, 0.15) is 0 Å². The Hall–Kier alpha value is -1.36. The van der Waals surface area contributed by atoms with Crippen LogP contribution < -0.4 is 10.6 Å². The Labute approximate surface area is 94.0 Å². The maximum absolute atomic E-state index is 11.7. The average Bonchev–Trinajstić information content (AvgIpc) is 2.94. The summed E-state index contributed by atoms with van der Waals surface area (Å²) in [4.78, 5) is 19.1. The molecule has 1 amide bonds. The van der Waals surface area contributed by atoms with Crippen LogP contribution in [0, 0.1) is 0 Å². The SMILES string of the molecule is O=C(CC1NCCc2[nH]cnc21)NC1CC1. The zero-order valence-electron chi connectivity index (χ0n) is 9.12. The van der Waals surface area contributed by atoms with Crippen molar-refractivity contribution in [3.8, 4) is 0 Å². The third-order valence-electron chi connectivity index (χ3n) is 3.18. The Balaban J connectivity index is 1.65. The highest BCUT2D eigenvalue weighted by Gasteiger charge is 2.27. The highest BCUT2D eigenvalue weighted by Crippen LogP contribution is 2.23. The summed E-state index contributed by atoms with van der Waals surface area (Å²) in [6.07, 6.45) is 5.45. The van der Waals surface area contributed by atoms with E-state index in [0.717, 1.165) is 31.5 Å². The summed E-state index contributed by atoms with van der Waals surface area (Å²) in [5.41, 5.74) is 2.18. The predicted octanol–water partition coefficient (Wildman–Crippen LogP) is 0.265. The third kappa shape index (κ3) is 1.95. The number of nitrogens with zero attached hydrogens (tertiary/aromatic N) is 1. The summed E-state index contributed by atoms with van der Waals surface area (Å²) in [6.45, 7) is 0.913. The predicted molar refractivity (Wildman–Crippen MR) is 58.8 cm³/mol. The van der Waals surface area contributed by atoms with Crippen molar-refractivity contribution in [3.05, 3.63) is 17.7 Å². The number of hydrogen-bond acceptors (Lipinski definition) is 3. The summed E-state index contributed by atoms with van der Waals surface area (Å²) in [5.74, 6) is 0.135. The number of aromatic amines is 1. The van der Waals surface area contributed by atoms with Crippen LogP contribution in [0.25, 0.3) is 0 Å². The second kappa shape index (κ2) is 3.90. The lowest BCUT2D eigenvalue weighted by atomic mass is 10.0. The number of carbonyl (C=O) groups is 1. The van der Waals surface area contributed by atoms with E-state index in [1.54, 1.807) is 6.33 Å². The van der Waals surface area contributed by atoms with Crippen LogP contribution >= 0.6 is 0 Å². The Morgan fingerprint density at radius 3 is 3.25 bits per heavy atom. The molecule has 1 unspecified atom stereocenters. The molecule has 3 rings (SSSR count). The van der Waals surface area contributed by atoms with E-state index in [-0.39, 0.29) is 11.9 Å². The summed E-state index contributed by atoms with van der Waals surface area (Å²) < 4.78 is 0. The number of imidazole rings is 1. The molecule has 5 heteroatoms. The second-order valence-electron chi connectivity index (χ2n) is 4.57. The molecule has 1 saturated carbocycles. The molecule has 0 saturated heterocycles. The molecule has 1 atom stereocenters. The first-order valence-corrected chi connectivity index (χ1v) is 5.88. The van der Waals surface area contributed by atoms with Crippen molar-refractivity contribution < 1.29 is 4.79 Å². The van der Waals surface area contributed by atoms with E-state index in [9.17, 15) is 4.79 Å². The van der Waals surface area contributed by atoms with Crippen LogP contribution in [0.2, 0.25) is 0 Å². The lowest BCUT2D eigenvalue weighted by Gasteiger charge is -2.22. The molecular formula is C11H16N4O. The Bertz CT molecular complexity index is 396. The fourth-order valence-electron chi connectivity index (χ4n) is 2.17. The number of carbonyl (C=O) groups excluding carboxylic acids is 1. The van der Waals surface area contributed by atoms with Crippen molar-refractivity contribution in [2.75, 3.05) is 6.54 Å². The fraction of sp³-hybridized carbons (Fsp3) is 0.636. The van der Waals surface area contributed by atoms with Gasteiger partial charge in [0, 0.05) is 31.1 Å². The van der Waals surface area contributed by atoms with Crippen LogP contribution in [0.15, 0.2) is 6.33 Å². The van der Waals surface area contributed by atoms with Crippen molar-refractivity contribution in [3.63, 3.8) is 0 Å². The second-order valence-corrected chi connectivity index (χ2v) is 4.57. The lowest BCUT2D eigenvalue weighted by Crippen LogP contribution is -2.35. The summed E-state index contributed by atoms with van der Waals surface area (Å²) in [7, 11) is 0. The summed E-state index contributed by atoms with van der Waals surface area (Å²) in [5, 5.41) is 6.35. The smallest absolute Gasteiger partial charge is 0.222 e. The van der Waals surface area contributed by atoms with Crippen LogP contribution in [-0.4, -0.2) is 28.5 Å². The zero-order chi connectivity index (χ0) is 11.0. The van der Waals surface area contributed by atoms with Gasteiger partial charge in [-0.1, -0.05) is 0 Å². The monoisotopic (exact) mass is 220 g/mol. The van der Waals surface area contributed by atoms with E-state index in [1.807, 2.05) is 0 Å². The Kier molecular flexibility index (Phi) is 2.40. The van der Waals surface area contributed by atoms with E-state index in [2.05, 4.69) is 20.6 Å². The molecule has 16 heavy (non-hydrogen) atoms. The van der Waals surface area contributed by atoms with Crippen LogP contribution in [0.3, 0.4) is 0 Å². The highest BCUT2D eigenvalue weighted by atomic mass is 16.1. The number of hydrogen-bond donors (Lipinski definition) is 3. The highest BCUT2D eigenvalue weighted by molar-refractivity contribution is 5.77.